The maximum absolute atomic E-state index is 13.1. The molecular formula is C24H23ClN2O3. The highest BCUT2D eigenvalue weighted by molar-refractivity contribution is 6.32. The van der Waals surface area contributed by atoms with E-state index in [1.165, 1.54) is 0 Å². The maximum atomic E-state index is 13.1. The average molecular weight is 423 g/mol. The van der Waals surface area contributed by atoms with Crippen LogP contribution < -0.4 is 10.1 Å². The van der Waals surface area contributed by atoms with Crippen LogP contribution >= 0.6 is 11.6 Å². The predicted octanol–water partition coefficient (Wildman–Crippen LogP) is 4.99. The van der Waals surface area contributed by atoms with E-state index in [1.807, 2.05) is 47.4 Å². The zero-order chi connectivity index (χ0) is 21.1. The van der Waals surface area contributed by atoms with Crippen LogP contribution in [0.5, 0.6) is 5.75 Å². The van der Waals surface area contributed by atoms with E-state index in [0.29, 0.717) is 48.0 Å². The number of methoxy groups -OCH3 is 1. The van der Waals surface area contributed by atoms with Crippen molar-refractivity contribution >= 4 is 39.9 Å². The van der Waals surface area contributed by atoms with Crippen LogP contribution in [0.2, 0.25) is 5.02 Å². The SMILES string of the molecule is COc1ccc(NC(=O)C2CCN(C(=O)c3cccc4ccccc34)CC2)cc1Cl. The number of carbonyl (C=O) groups is 2. The second-order valence-corrected chi connectivity index (χ2v) is 7.84. The first kappa shape index (κ1) is 20.2. The van der Waals surface area contributed by atoms with Gasteiger partial charge in [-0.1, -0.05) is 48.0 Å². The van der Waals surface area contributed by atoms with Crippen LogP contribution in [0.1, 0.15) is 23.2 Å². The maximum Gasteiger partial charge on any atom is 0.254 e. The Bertz CT molecular complexity index is 1090. The second kappa shape index (κ2) is 8.76. The van der Waals surface area contributed by atoms with Crippen LogP contribution in [0.3, 0.4) is 0 Å². The van der Waals surface area contributed by atoms with Gasteiger partial charge in [0.2, 0.25) is 5.91 Å². The number of nitrogens with zero attached hydrogens (tertiary/aromatic N) is 1. The molecule has 1 aliphatic heterocycles. The largest absolute Gasteiger partial charge is 0.495 e. The Morgan fingerprint density at radius 1 is 1.03 bits per heavy atom. The van der Waals surface area contributed by atoms with Gasteiger partial charge in [-0.3, -0.25) is 9.59 Å². The fourth-order valence-electron chi connectivity index (χ4n) is 3.92. The number of anilines is 1. The van der Waals surface area contributed by atoms with E-state index in [2.05, 4.69) is 5.32 Å². The molecule has 30 heavy (non-hydrogen) atoms. The molecule has 1 N–H and O–H groups in total. The smallest absolute Gasteiger partial charge is 0.254 e. The molecule has 1 aliphatic rings. The number of rotatable bonds is 4. The van der Waals surface area contributed by atoms with Gasteiger partial charge in [0, 0.05) is 30.3 Å². The highest BCUT2D eigenvalue weighted by atomic mass is 35.5. The molecule has 0 bridgehead atoms. The van der Waals surface area contributed by atoms with Gasteiger partial charge in [-0.15, -0.1) is 0 Å². The molecule has 0 unspecified atom stereocenters. The van der Waals surface area contributed by atoms with Gasteiger partial charge in [-0.25, -0.2) is 0 Å². The van der Waals surface area contributed by atoms with Gasteiger partial charge in [-0.05, 0) is 47.9 Å². The van der Waals surface area contributed by atoms with Crippen molar-refractivity contribution in [3.05, 3.63) is 71.2 Å². The number of carbonyl (C=O) groups excluding carboxylic acids is 2. The summed E-state index contributed by atoms with van der Waals surface area (Å²) < 4.78 is 5.14. The molecular weight excluding hydrogens is 400 g/mol. The number of benzene rings is 3. The summed E-state index contributed by atoms with van der Waals surface area (Å²) in [6.45, 7) is 1.12. The molecule has 5 nitrogen and oxygen atoms in total. The molecule has 0 aliphatic carbocycles. The molecule has 1 saturated heterocycles. The van der Waals surface area contributed by atoms with E-state index >= 15 is 0 Å². The van der Waals surface area contributed by atoms with Crippen molar-refractivity contribution in [1.82, 2.24) is 4.90 Å². The number of hydrogen-bond donors (Lipinski definition) is 1. The molecule has 0 saturated carbocycles. The molecule has 0 spiro atoms. The van der Waals surface area contributed by atoms with Crippen molar-refractivity contribution in [2.24, 2.45) is 5.92 Å². The van der Waals surface area contributed by atoms with Gasteiger partial charge in [-0.2, -0.15) is 0 Å². The summed E-state index contributed by atoms with van der Waals surface area (Å²) in [5, 5.41) is 5.38. The fraction of sp³-hybridized carbons (Fsp3) is 0.250. The van der Waals surface area contributed by atoms with Gasteiger partial charge in [0.05, 0.1) is 12.1 Å². The second-order valence-electron chi connectivity index (χ2n) is 7.43. The minimum atomic E-state index is -0.137. The Morgan fingerprint density at radius 3 is 2.50 bits per heavy atom. The van der Waals surface area contributed by atoms with E-state index in [9.17, 15) is 9.59 Å². The van der Waals surface area contributed by atoms with E-state index in [4.69, 9.17) is 16.3 Å². The third kappa shape index (κ3) is 4.12. The highest BCUT2D eigenvalue weighted by Crippen LogP contribution is 2.28. The van der Waals surface area contributed by atoms with Gasteiger partial charge < -0.3 is 15.0 Å². The lowest BCUT2D eigenvalue weighted by atomic mass is 9.94. The van der Waals surface area contributed by atoms with Crippen LogP contribution in [0, 0.1) is 5.92 Å². The van der Waals surface area contributed by atoms with Gasteiger partial charge in [0.15, 0.2) is 0 Å². The van der Waals surface area contributed by atoms with Crippen molar-refractivity contribution in [2.75, 3.05) is 25.5 Å². The molecule has 1 fully saturated rings. The normalized spacial score (nSPS) is 14.5. The minimum Gasteiger partial charge on any atom is -0.495 e. The zero-order valence-corrected chi connectivity index (χ0v) is 17.5. The number of amides is 2. The summed E-state index contributed by atoms with van der Waals surface area (Å²) in [7, 11) is 1.55. The summed E-state index contributed by atoms with van der Waals surface area (Å²) >= 11 is 6.13. The number of hydrogen-bond acceptors (Lipinski definition) is 3. The lowest BCUT2D eigenvalue weighted by molar-refractivity contribution is -0.121. The summed E-state index contributed by atoms with van der Waals surface area (Å²) in [4.78, 5) is 27.6. The first-order chi connectivity index (χ1) is 14.6. The fourth-order valence-corrected chi connectivity index (χ4v) is 4.17. The van der Waals surface area contributed by atoms with E-state index in [-0.39, 0.29) is 17.7 Å². The topological polar surface area (TPSA) is 58.6 Å². The number of likely N-dealkylation sites (tertiary alicyclic amines) is 1. The van der Waals surface area contributed by atoms with E-state index in [1.54, 1.807) is 25.3 Å². The minimum absolute atomic E-state index is 0.0209. The van der Waals surface area contributed by atoms with Crippen molar-refractivity contribution in [3.8, 4) is 5.75 Å². The summed E-state index contributed by atoms with van der Waals surface area (Å²) in [5.41, 5.74) is 1.35. The Hall–Kier alpha value is -3.05. The summed E-state index contributed by atoms with van der Waals surface area (Å²) in [6, 6.07) is 18.9. The molecule has 1 heterocycles. The van der Waals surface area contributed by atoms with E-state index in [0.717, 1.165) is 10.8 Å². The van der Waals surface area contributed by atoms with Crippen LogP contribution in [0.15, 0.2) is 60.7 Å². The van der Waals surface area contributed by atoms with Gasteiger partial charge in [0.25, 0.3) is 5.91 Å². The number of fused-ring (bicyclic) bond motifs is 1. The molecule has 0 radical (unpaired) electrons. The molecule has 0 aromatic heterocycles. The first-order valence-corrected chi connectivity index (χ1v) is 10.4. The van der Waals surface area contributed by atoms with Crippen molar-refractivity contribution in [3.63, 3.8) is 0 Å². The van der Waals surface area contributed by atoms with E-state index < -0.39 is 0 Å². The Balaban J connectivity index is 1.39. The third-order valence-corrected chi connectivity index (χ3v) is 5.89. The Kier molecular flexibility index (Phi) is 5.91. The monoisotopic (exact) mass is 422 g/mol. The molecule has 3 aromatic carbocycles. The van der Waals surface area contributed by atoms with Crippen molar-refractivity contribution < 1.29 is 14.3 Å². The molecule has 0 atom stereocenters. The zero-order valence-electron chi connectivity index (χ0n) is 16.7. The summed E-state index contributed by atoms with van der Waals surface area (Å²) in [6.07, 6.45) is 1.26. The molecule has 6 heteroatoms. The number of ether oxygens (including phenoxy) is 1. The van der Waals surface area contributed by atoms with Crippen molar-refractivity contribution in [1.29, 1.82) is 0 Å². The lowest BCUT2D eigenvalue weighted by Crippen LogP contribution is -2.41. The van der Waals surface area contributed by atoms with Gasteiger partial charge in [0.1, 0.15) is 5.75 Å². The third-order valence-electron chi connectivity index (χ3n) is 5.59. The Labute approximate surface area is 180 Å². The summed E-state index contributed by atoms with van der Waals surface area (Å²) in [5.74, 6) is 0.401. The number of piperidine rings is 1. The number of halogens is 1. The van der Waals surface area contributed by atoms with Crippen LogP contribution in [0.4, 0.5) is 5.69 Å². The van der Waals surface area contributed by atoms with Crippen LogP contribution in [-0.2, 0) is 4.79 Å². The predicted molar refractivity (Wildman–Crippen MR) is 119 cm³/mol. The molecule has 154 valence electrons. The lowest BCUT2D eigenvalue weighted by Gasteiger charge is -2.31. The highest BCUT2D eigenvalue weighted by Gasteiger charge is 2.28. The standard InChI is InChI=1S/C24H23ClN2O3/c1-30-22-10-9-18(15-21(22)25)26-23(28)17-11-13-27(14-12-17)24(29)20-8-4-6-16-5-2-3-7-19(16)20/h2-10,15,17H,11-14H2,1H3,(H,26,28). The Morgan fingerprint density at radius 2 is 1.77 bits per heavy atom. The molecule has 3 aromatic rings. The van der Waals surface area contributed by atoms with Crippen LogP contribution in [-0.4, -0.2) is 36.9 Å². The van der Waals surface area contributed by atoms with Crippen LogP contribution in [0.25, 0.3) is 10.8 Å². The molecule has 2 amide bonds. The quantitative estimate of drug-likeness (QED) is 0.644. The average Bonchev–Trinajstić information content (AvgIpc) is 2.78. The van der Waals surface area contributed by atoms with Gasteiger partial charge >= 0.3 is 0 Å². The molecule has 4 rings (SSSR count). The number of nitrogens with one attached hydrogen (secondary N) is 1. The first-order valence-electron chi connectivity index (χ1n) is 9.98. The van der Waals surface area contributed by atoms with Crippen molar-refractivity contribution in [2.45, 2.75) is 12.8 Å².